The van der Waals surface area contributed by atoms with Gasteiger partial charge in [0, 0.05) is 13.1 Å². The summed E-state index contributed by atoms with van der Waals surface area (Å²) >= 11 is 0. The molecule has 3 N–H and O–H groups in total. The topological polar surface area (TPSA) is 84.7 Å². The zero-order chi connectivity index (χ0) is 12.0. The minimum Gasteiger partial charge on any atom is -0.371 e. The van der Waals surface area contributed by atoms with Crippen molar-refractivity contribution < 1.29 is 14.3 Å². The molecule has 2 aliphatic heterocycles. The molecule has 3 rings (SSSR count). The highest BCUT2D eigenvalue weighted by molar-refractivity contribution is 5.93. The Morgan fingerprint density at radius 3 is 2.29 bits per heavy atom. The highest BCUT2D eigenvalue weighted by atomic mass is 16.5. The molecular formula is C11H17N3O3. The van der Waals surface area contributed by atoms with Crippen LogP contribution in [0.1, 0.15) is 25.7 Å². The van der Waals surface area contributed by atoms with Gasteiger partial charge in [-0.05, 0) is 25.7 Å². The van der Waals surface area contributed by atoms with Crippen LogP contribution in [0.5, 0.6) is 0 Å². The van der Waals surface area contributed by atoms with Gasteiger partial charge in [0.05, 0.1) is 12.2 Å². The Morgan fingerprint density at radius 2 is 1.82 bits per heavy atom. The molecule has 3 aliphatic rings. The van der Waals surface area contributed by atoms with Gasteiger partial charge >= 0.3 is 6.03 Å². The molecule has 3 fully saturated rings. The first kappa shape index (κ1) is 10.8. The zero-order valence-electron chi connectivity index (χ0n) is 9.65. The van der Waals surface area contributed by atoms with Gasteiger partial charge in [-0.2, -0.15) is 0 Å². The van der Waals surface area contributed by atoms with Crippen LogP contribution in [0.2, 0.25) is 0 Å². The van der Waals surface area contributed by atoms with Gasteiger partial charge in [-0.15, -0.1) is 0 Å². The number of nitrogens with zero attached hydrogens (tertiary/aromatic N) is 1. The van der Waals surface area contributed by atoms with Gasteiger partial charge < -0.3 is 20.7 Å². The van der Waals surface area contributed by atoms with Gasteiger partial charge in [0.25, 0.3) is 0 Å². The Bertz CT molecular complexity index is 355. The SMILES string of the molecule is NC(=O)NC1(C(=O)N2CC3CCC(C2)O3)CC1. The van der Waals surface area contributed by atoms with Gasteiger partial charge in [-0.25, -0.2) is 4.79 Å². The summed E-state index contributed by atoms with van der Waals surface area (Å²) < 4.78 is 5.69. The van der Waals surface area contributed by atoms with Gasteiger partial charge in [0.1, 0.15) is 5.54 Å². The third kappa shape index (κ3) is 1.86. The number of fused-ring (bicyclic) bond motifs is 2. The van der Waals surface area contributed by atoms with E-state index in [1.165, 1.54) is 0 Å². The maximum atomic E-state index is 12.3. The number of nitrogens with two attached hydrogens (primary N) is 1. The number of hydrogen-bond acceptors (Lipinski definition) is 3. The molecule has 0 aromatic carbocycles. The molecule has 94 valence electrons. The Balaban J connectivity index is 1.68. The Hall–Kier alpha value is -1.30. The Labute approximate surface area is 99.5 Å². The van der Waals surface area contributed by atoms with E-state index in [1.54, 1.807) is 0 Å². The molecule has 2 unspecified atom stereocenters. The molecule has 2 heterocycles. The molecule has 6 heteroatoms. The monoisotopic (exact) mass is 239 g/mol. The summed E-state index contributed by atoms with van der Waals surface area (Å²) in [5.41, 5.74) is 4.40. The number of urea groups is 1. The summed E-state index contributed by atoms with van der Waals surface area (Å²) in [6.45, 7) is 1.30. The highest BCUT2D eigenvalue weighted by Crippen LogP contribution is 2.38. The van der Waals surface area contributed by atoms with Gasteiger partial charge in [0.2, 0.25) is 5.91 Å². The first-order valence-electron chi connectivity index (χ1n) is 6.11. The lowest BCUT2D eigenvalue weighted by Gasteiger charge is -2.34. The van der Waals surface area contributed by atoms with E-state index in [0.29, 0.717) is 25.9 Å². The third-order valence-electron chi connectivity index (χ3n) is 3.85. The van der Waals surface area contributed by atoms with Crippen LogP contribution in [0.25, 0.3) is 0 Å². The molecule has 6 nitrogen and oxygen atoms in total. The number of primary amides is 1. The number of ether oxygens (including phenoxy) is 1. The van der Waals surface area contributed by atoms with E-state index < -0.39 is 11.6 Å². The Kier molecular flexibility index (Phi) is 2.29. The molecule has 0 spiro atoms. The van der Waals surface area contributed by atoms with Crippen LogP contribution in [0.15, 0.2) is 0 Å². The standard InChI is InChI=1S/C11H17N3O3/c12-10(16)13-11(3-4-11)9(15)14-5-7-1-2-8(6-14)17-7/h7-8H,1-6H2,(H3,12,13,16). The first-order valence-corrected chi connectivity index (χ1v) is 6.11. The third-order valence-corrected chi connectivity index (χ3v) is 3.85. The van der Waals surface area contributed by atoms with E-state index >= 15 is 0 Å². The summed E-state index contributed by atoms with van der Waals surface area (Å²) in [5.74, 6) is 0.0106. The average Bonchev–Trinajstić information content (AvgIpc) is 2.97. The molecule has 17 heavy (non-hydrogen) atoms. The summed E-state index contributed by atoms with van der Waals surface area (Å²) in [5, 5.41) is 2.58. The van der Waals surface area contributed by atoms with E-state index in [1.807, 2.05) is 4.90 Å². The maximum absolute atomic E-state index is 12.3. The van der Waals surface area contributed by atoms with Crippen LogP contribution in [-0.2, 0) is 9.53 Å². The molecule has 2 saturated heterocycles. The molecule has 1 saturated carbocycles. The molecule has 1 aliphatic carbocycles. The first-order chi connectivity index (χ1) is 8.09. The second-order valence-electron chi connectivity index (χ2n) is 5.24. The lowest BCUT2D eigenvalue weighted by atomic mass is 10.2. The maximum Gasteiger partial charge on any atom is 0.313 e. The number of carbonyl (C=O) groups excluding carboxylic acids is 2. The number of carbonyl (C=O) groups is 2. The Morgan fingerprint density at radius 1 is 1.24 bits per heavy atom. The molecule has 0 aromatic rings. The lowest BCUT2D eigenvalue weighted by molar-refractivity contribution is -0.142. The van der Waals surface area contributed by atoms with E-state index in [-0.39, 0.29) is 18.1 Å². The summed E-state index contributed by atoms with van der Waals surface area (Å²) in [6, 6.07) is -0.618. The number of amides is 3. The number of nitrogens with one attached hydrogen (secondary N) is 1. The van der Waals surface area contributed by atoms with Crippen LogP contribution >= 0.6 is 0 Å². The van der Waals surface area contributed by atoms with Crippen LogP contribution in [0, 0.1) is 0 Å². The molecule has 0 aromatic heterocycles. The number of morpholine rings is 1. The second-order valence-corrected chi connectivity index (χ2v) is 5.24. The van der Waals surface area contributed by atoms with Gasteiger partial charge in [-0.1, -0.05) is 0 Å². The van der Waals surface area contributed by atoms with Crippen LogP contribution in [-0.4, -0.2) is 47.7 Å². The zero-order valence-corrected chi connectivity index (χ0v) is 9.65. The molecular weight excluding hydrogens is 222 g/mol. The molecule has 0 radical (unpaired) electrons. The van der Waals surface area contributed by atoms with Crippen molar-refractivity contribution in [2.45, 2.75) is 43.4 Å². The predicted octanol–water partition coefficient (Wildman–Crippen LogP) is -0.423. The van der Waals surface area contributed by atoms with Crippen LogP contribution in [0.3, 0.4) is 0 Å². The van der Waals surface area contributed by atoms with E-state index in [9.17, 15) is 9.59 Å². The molecule has 2 atom stereocenters. The number of hydrogen-bond donors (Lipinski definition) is 2. The van der Waals surface area contributed by atoms with E-state index in [0.717, 1.165) is 12.8 Å². The van der Waals surface area contributed by atoms with E-state index in [2.05, 4.69) is 5.32 Å². The largest absolute Gasteiger partial charge is 0.371 e. The van der Waals surface area contributed by atoms with Crippen molar-refractivity contribution >= 4 is 11.9 Å². The minimum atomic E-state index is -0.706. The van der Waals surface area contributed by atoms with Gasteiger partial charge in [-0.3, -0.25) is 4.79 Å². The predicted molar refractivity (Wildman–Crippen MR) is 59.2 cm³/mol. The fraction of sp³-hybridized carbons (Fsp3) is 0.818. The van der Waals surface area contributed by atoms with Crippen molar-refractivity contribution in [1.82, 2.24) is 10.2 Å². The lowest BCUT2D eigenvalue weighted by Crippen LogP contribution is -2.56. The number of likely N-dealkylation sites (tertiary alicyclic amines) is 1. The highest BCUT2D eigenvalue weighted by Gasteiger charge is 2.54. The second kappa shape index (κ2) is 3.60. The van der Waals surface area contributed by atoms with E-state index in [4.69, 9.17) is 10.5 Å². The molecule has 2 bridgehead atoms. The minimum absolute atomic E-state index is 0.0106. The van der Waals surface area contributed by atoms with Crippen molar-refractivity contribution in [3.63, 3.8) is 0 Å². The number of rotatable bonds is 2. The van der Waals surface area contributed by atoms with Crippen LogP contribution < -0.4 is 11.1 Å². The molecule has 3 amide bonds. The fourth-order valence-corrected chi connectivity index (χ4v) is 2.84. The average molecular weight is 239 g/mol. The normalized spacial score (nSPS) is 33.3. The van der Waals surface area contributed by atoms with Crippen molar-refractivity contribution in [2.24, 2.45) is 5.73 Å². The van der Waals surface area contributed by atoms with Gasteiger partial charge in [0.15, 0.2) is 0 Å². The van der Waals surface area contributed by atoms with Crippen molar-refractivity contribution in [3.8, 4) is 0 Å². The van der Waals surface area contributed by atoms with Crippen molar-refractivity contribution in [2.75, 3.05) is 13.1 Å². The summed E-state index contributed by atoms with van der Waals surface area (Å²) in [6.07, 6.45) is 3.82. The summed E-state index contributed by atoms with van der Waals surface area (Å²) in [7, 11) is 0. The van der Waals surface area contributed by atoms with Crippen molar-refractivity contribution in [3.05, 3.63) is 0 Å². The fourth-order valence-electron chi connectivity index (χ4n) is 2.84. The smallest absolute Gasteiger partial charge is 0.313 e. The van der Waals surface area contributed by atoms with Crippen LogP contribution in [0.4, 0.5) is 4.79 Å². The summed E-state index contributed by atoms with van der Waals surface area (Å²) in [4.78, 5) is 25.1. The van der Waals surface area contributed by atoms with Crippen molar-refractivity contribution in [1.29, 1.82) is 0 Å². The quantitative estimate of drug-likeness (QED) is 0.686.